The number of ether oxygens (including phenoxy) is 2. The number of amides is 1. The highest BCUT2D eigenvalue weighted by Crippen LogP contribution is 2.42. The summed E-state index contributed by atoms with van der Waals surface area (Å²) in [6.45, 7) is 0.228. The monoisotopic (exact) mass is 500 g/mol. The predicted molar refractivity (Wildman–Crippen MR) is 137 cm³/mol. The molecular formula is C29H25FN2O5. The Balaban J connectivity index is 1.60. The van der Waals surface area contributed by atoms with Gasteiger partial charge in [-0.25, -0.2) is 4.39 Å². The number of aromatic amines is 1. The Morgan fingerprint density at radius 1 is 1.00 bits per heavy atom. The van der Waals surface area contributed by atoms with Gasteiger partial charge < -0.3 is 24.5 Å². The van der Waals surface area contributed by atoms with Gasteiger partial charge in [0, 0.05) is 29.2 Å². The van der Waals surface area contributed by atoms with E-state index in [0.29, 0.717) is 23.5 Å². The molecule has 2 heterocycles. The van der Waals surface area contributed by atoms with Gasteiger partial charge in [0.05, 0.1) is 25.8 Å². The Morgan fingerprint density at radius 2 is 1.73 bits per heavy atom. The Hall–Kier alpha value is -4.59. The van der Waals surface area contributed by atoms with E-state index in [-0.39, 0.29) is 23.4 Å². The van der Waals surface area contributed by atoms with Gasteiger partial charge in [0.1, 0.15) is 11.6 Å². The maximum absolute atomic E-state index is 13.5. The number of nitrogens with zero attached hydrogens (tertiary/aromatic N) is 1. The number of halogens is 1. The average molecular weight is 501 g/mol. The van der Waals surface area contributed by atoms with Gasteiger partial charge in [-0.15, -0.1) is 0 Å². The van der Waals surface area contributed by atoms with Gasteiger partial charge in [-0.1, -0.05) is 24.3 Å². The van der Waals surface area contributed by atoms with Gasteiger partial charge in [-0.2, -0.15) is 0 Å². The number of nitrogens with one attached hydrogen (secondary N) is 1. The molecule has 0 saturated carbocycles. The van der Waals surface area contributed by atoms with Crippen molar-refractivity contribution in [2.75, 3.05) is 20.8 Å². The van der Waals surface area contributed by atoms with E-state index >= 15 is 0 Å². The second-order valence-electron chi connectivity index (χ2n) is 8.72. The summed E-state index contributed by atoms with van der Waals surface area (Å²) in [5.74, 6) is -1.46. The van der Waals surface area contributed by atoms with Crippen molar-refractivity contribution < 1.29 is 28.6 Å². The van der Waals surface area contributed by atoms with Crippen molar-refractivity contribution in [1.29, 1.82) is 0 Å². The molecule has 0 aliphatic carbocycles. The summed E-state index contributed by atoms with van der Waals surface area (Å²) < 4.78 is 24.3. The van der Waals surface area contributed by atoms with Crippen molar-refractivity contribution in [3.05, 3.63) is 101 Å². The van der Waals surface area contributed by atoms with Crippen LogP contribution in [0.15, 0.2) is 78.5 Å². The first kappa shape index (κ1) is 24.1. The lowest BCUT2D eigenvalue weighted by Gasteiger charge is -2.26. The maximum atomic E-state index is 13.5. The normalized spacial score (nSPS) is 16.9. The first-order valence-corrected chi connectivity index (χ1v) is 11.7. The summed E-state index contributed by atoms with van der Waals surface area (Å²) in [6, 6.07) is 17.2. The minimum atomic E-state index is -0.880. The second kappa shape index (κ2) is 9.81. The molecule has 188 valence electrons. The van der Waals surface area contributed by atoms with Crippen molar-refractivity contribution >= 4 is 28.4 Å². The highest BCUT2D eigenvalue weighted by molar-refractivity contribution is 6.46. The maximum Gasteiger partial charge on any atom is 0.295 e. The van der Waals surface area contributed by atoms with Crippen LogP contribution in [0.3, 0.4) is 0 Å². The molecule has 3 aromatic carbocycles. The molecule has 1 saturated heterocycles. The number of fused-ring (bicyclic) bond motifs is 1. The van der Waals surface area contributed by atoms with Crippen molar-refractivity contribution in [3.63, 3.8) is 0 Å². The molecule has 37 heavy (non-hydrogen) atoms. The summed E-state index contributed by atoms with van der Waals surface area (Å²) in [7, 11) is 3.01. The molecule has 1 aromatic heterocycles. The van der Waals surface area contributed by atoms with E-state index in [4.69, 9.17) is 9.47 Å². The van der Waals surface area contributed by atoms with E-state index < -0.39 is 23.5 Å². The van der Waals surface area contributed by atoms with Crippen LogP contribution in [0.5, 0.6) is 11.5 Å². The van der Waals surface area contributed by atoms with Gasteiger partial charge in [-0.05, 0) is 60.0 Å². The molecule has 4 aromatic rings. The molecule has 0 radical (unpaired) electrons. The zero-order valence-corrected chi connectivity index (χ0v) is 20.3. The number of hydrogen-bond acceptors (Lipinski definition) is 5. The summed E-state index contributed by atoms with van der Waals surface area (Å²) in [6.07, 6.45) is 2.38. The number of likely N-dealkylation sites (tertiary alicyclic amines) is 1. The fraction of sp³-hybridized carbons (Fsp3) is 0.172. The number of carbonyl (C=O) groups is 2. The molecule has 0 spiro atoms. The lowest BCUT2D eigenvalue weighted by atomic mass is 9.94. The minimum absolute atomic E-state index is 0.0669. The van der Waals surface area contributed by atoms with Crippen molar-refractivity contribution in [2.24, 2.45) is 0 Å². The number of hydrogen-bond donors (Lipinski definition) is 2. The summed E-state index contributed by atoms with van der Waals surface area (Å²) in [5, 5.41) is 12.2. The highest BCUT2D eigenvalue weighted by Gasteiger charge is 2.46. The number of ketones is 1. The number of carbonyl (C=O) groups excluding carboxylic acids is 2. The van der Waals surface area contributed by atoms with Gasteiger partial charge in [0.15, 0.2) is 11.5 Å². The van der Waals surface area contributed by atoms with E-state index in [1.54, 1.807) is 18.2 Å². The summed E-state index contributed by atoms with van der Waals surface area (Å²) >= 11 is 0. The number of H-pyrrole nitrogens is 1. The number of rotatable bonds is 7. The van der Waals surface area contributed by atoms with E-state index in [2.05, 4.69) is 4.98 Å². The molecule has 1 amide bonds. The van der Waals surface area contributed by atoms with Crippen LogP contribution in [-0.2, 0) is 16.0 Å². The number of aliphatic hydroxyl groups excluding tert-OH is 1. The minimum Gasteiger partial charge on any atom is -0.507 e. The van der Waals surface area contributed by atoms with E-state index in [9.17, 15) is 19.1 Å². The first-order chi connectivity index (χ1) is 17.9. The smallest absolute Gasteiger partial charge is 0.295 e. The molecule has 1 fully saturated rings. The Morgan fingerprint density at radius 3 is 2.46 bits per heavy atom. The van der Waals surface area contributed by atoms with E-state index in [0.717, 1.165) is 16.5 Å². The molecule has 1 aliphatic rings. The number of methoxy groups -OCH3 is 2. The van der Waals surface area contributed by atoms with Crippen LogP contribution in [-0.4, -0.2) is 47.4 Å². The van der Waals surface area contributed by atoms with Crippen LogP contribution in [0, 0.1) is 5.82 Å². The quantitative estimate of drug-likeness (QED) is 0.212. The number of aromatic nitrogens is 1. The van der Waals surface area contributed by atoms with Crippen molar-refractivity contribution in [1.82, 2.24) is 9.88 Å². The Labute approximate surface area is 212 Å². The Kier molecular flexibility index (Phi) is 6.40. The van der Waals surface area contributed by atoms with Crippen LogP contribution in [0.1, 0.15) is 22.7 Å². The van der Waals surface area contributed by atoms with Crippen molar-refractivity contribution in [2.45, 2.75) is 12.5 Å². The lowest BCUT2D eigenvalue weighted by Crippen LogP contribution is -2.31. The van der Waals surface area contributed by atoms with Gasteiger partial charge in [-0.3, -0.25) is 9.59 Å². The fourth-order valence-electron chi connectivity index (χ4n) is 4.82. The standard InChI is InChI=1S/C29H25FN2O5/c1-36-23-12-9-18(15-24(23)37-2)26-25(27(33)17-7-10-20(30)11-8-17)28(34)29(35)32(26)14-13-19-16-31-22-6-4-3-5-21(19)22/h3-12,15-16,26,31,33H,13-14H2,1-2H3/t26-/m0/s1. The first-order valence-electron chi connectivity index (χ1n) is 11.7. The molecule has 7 nitrogen and oxygen atoms in total. The predicted octanol–water partition coefficient (Wildman–Crippen LogP) is 4.99. The van der Waals surface area contributed by atoms with Crippen LogP contribution in [0.4, 0.5) is 4.39 Å². The van der Waals surface area contributed by atoms with Gasteiger partial charge in [0.2, 0.25) is 0 Å². The molecule has 8 heteroatoms. The van der Waals surface area contributed by atoms with Crippen LogP contribution in [0.2, 0.25) is 0 Å². The Bertz CT molecular complexity index is 1520. The third-order valence-corrected chi connectivity index (χ3v) is 6.68. The lowest BCUT2D eigenvalue weighted by molar-refractivity contribution is -0.139. The molecule has 1 aliphatic heterocycles. The van der Waals surface area contributed by atoms with Crippen LogP contribution >= 0.6 is 0 Å². The third kappa shape index (κ3) is 4.31. The van der Waals surface area contributed by atoms with Crippen LogP contribution < -0.4 is 9.47 Å². The highest BCUT2D eigenvalue weighted by atomic mass is 19.1. The third-order valence-electron chi connectivity index (χ3n) is 6.68. The SMILES string of the molecule is COc1ccc([C@H]2C(=C(O)c3ccc(F)cc3)C(=O)C(=O)N2CCc2c[nH]c3ccccc23)cc1OC. The summed E-state index contributed by atoms with van der Waals surface area (Å²) in [5.41, 5.74) is 2.72. The number of aliphatic hydroxyl groups is 1. The molecular weight excluding hydrogens is 475 g/mol. The molecule has 0 unspecified atom stereocenters. The summed E-state index contributed by atoms with van der Waals surface area (Å²) in [4.78, 5) is 31.3. The topological polar surface area (TPSA) is 91.9 Å². The zero-order valence-electron chi connectivity index (χ0n) is 20.3. The fourth-order valence-corrected chi connectivity index (χ4v) is 4.82. The van der Waals surface area contributed by atoms with E-state index in [1.807, 2.05) is 30.5 Å². The number of para-hydroxylation sites is 1. The number of benzene rings is 3. The van der Waals surface area contributed by atoms with Gasteiger partial charge >= 0.3 is 0 Å². The van der Waals surface area contributed by atoms with Crippen LogP contribution in [0.25, 0.3) is 16.7 Å². The molecule has 1 atom stereocenters. The van der Waals surface area contributed by atoms with Crippen molar-refractivity contribution in [3.8, 4) is 11.5 Å². The number of Topliss-reactive ketones (excluding diaryl/α,β-unsaturated/α-hetero) is 1. The largest absolute Gasteiger partial charge is 0.507 e. The van der Waals surface area contributed by atoms with Gasteiger partial charge in [0.25, 0.3) is 11.7 Å². The average Bonchev–Trinajstić information content (AvgIpc) is 3.45. The molecule has 2 N–H and O–H groups in total. The van der Waals surface area contributed by atoms with E-state index in [1.165, 1.54) is 43.4 Å². The molecule has 0 bridgehead atoms. The second-order valence-corrected chi connectivity index (χ2v) is 8.72. The zero-order chi connectivity index (χ0) is 26.1. The molecule has 5 rings (SSSR count).